The van der Waals surface area contributed by atoms with Crippen LogP contribution in [0, 0.1) is 0 Å². The van der Waals surface area contributed by atoms with Crippen molar-refractivity contribution in [3.05, 3.63) is 48.0 Å². The standard InChI is InChI=1S/C19H24N2O2/c1-19(2,3)20-17(22)13-21(4)18(23)12-14-9-10-15-7-5-6-8-16(15)11-14/h5-11H,12-13H2,1-4H3,(H,20,22). The van der Waals surface area contributed by atoms with E-state index in [0.717, 1.165) is 16.3 Å². The van der Waals surface area contributed by atoms with Crippen molar-refractivity contribution in [2.75, 3.05) is 13.6 Å². The maximum Gasteiger partial charge on any atom is 0.240 e. The maximum atomic E-state index is 12.3. The van der Waals surface area contributed by atoms with Crippen LogP contribution in [0.15, 0.2) is 42.5 Å². The third-order valence-electron chi connectivity index (χ3n) is 3.49. The van der Waals surface area contributed by atoms with Crippen molar-refractivity contribution in [1.29, 1.82) is 0 Å². The van der Waals surface area contributed by atoms with Crippen LogP contribution in [0.4, 0.5) is 0 Å². The molecule has 2 rings (SSSR count). The van der Waals surface area contributed by atoms with Crippen molar-refractivity contribution in [3.8, 4) is 0 Å². The topological polar surface area (TPSA) is 49.4 Å². The van der Waals surface area contributed by atoms with Crippen LogP contribution in [0.5, 0.6) is 0 Å². The zero-order chi connectivity index (χ0) is 17.0. The molecule has 0 saturated heterocycles. The first-order chi connectivity index (χ1) is 10.7. The molecule has 0 aliphatic carbocycles. The molecule has 4 heteroatoms. The highest BCUT2D eigenvalue weighted by molar-refractivity contribution is 5.87. The van der Waals surface area contributed by atoms with Crippen molar-refractivity contribution in [1.82, 2.24) is 10.2 Å². The number of hydrogen-bond acceptors (Lipinski definition) is 2. The molecule has 0 aliphatic heterocycles. The minimum Gasteiger partial charge on any atom is -0.350 e. The first-order valence-electron chi connectivity index (χ1n) is 7.77. The molecular weight excluding hydrogens is 288 g/mol. The molecule has 0 heterocycles. The SMILES string of the molecule is CN(CC(=O)NC(C)(C)C)C(=O)Cc1ccc2ccccc2c1. The lowest BCUT2D eigenvalue weighted by Crippen LogP contribution is -2.46. The van der Waals surface area contributed by atoms with Crippen molar-refractivity contribution in [2.24, 2.45) is 0 Å². The predicted molar refractivity (Wildman–Crippen MR) is 93.2 cm³/mol. The molecule has 2 amide bonds. The highest BCUT2D eigenvalue weighted by atomic mass is 16.2. The third-order valence-corrected chi connectivity index (χ3v) is 3.49. The van der Waals surface area contributed by atoms with Gasteiger partial charge in [0.05, 0.1) is 13.0 Å². The Hall–Kier alpha value is -2.36. The number of benzene rings is 2. The molecule has 122 valence electrons. The molecule has 23 heavy (non-hydrogen) atoms. The highest BCUT2D eigenvalue weighted by Crippen LogP contribution is 2.16. The fraction of sp³-hybridized carbons (Fsp3) is 0.368. The Kier molecular flexibility index (Phi) is 5.04. The van der Waals surface area contributed by atoms with Crippen LogP contribution >= 0.6 is 0 Å². The molecule has 0 spiro atoms. The number of fused-ring (bicyclic) bond motifs is 1. The summed E-state index contributed by atoms with van der Waals surface area (Å²) in [6.45, 7) is 5.83. The van der Waals surface area contributed by atoms with E-state index in [1.54, 1.807) is 7.05 Å². The fourth-order valence-electron chi connectivity index (χ4n) is 2.42. The average Bonchev–Trinajstić information content (AvgIpc) is 2.45. The molecule has 0 fully saturated rings. The minimum atomic E-state index is -0.292. The first kappa shape index (κ1) is 17.0. The Balaban J connectivity index is 1.98. The number of carbonyl (C=O) groups excluding carboxylic acids is 2. The van der Waals surface area contributed by atoms with Gasteiger partial charge in [-0.2, -0.15) is 0 Å². The summed E-state index contributed by atoms with van der Waals surface area (Å²) < 4.78 is 0. The van der Waals surface area contributed by atoms with E-state index in [4.69, 9.17) is 0 Å². The smallest absolute Gasteiger partial charge is 0.240 e. The van der Waals surface area contributed by atoms with Crippen molar-refractivity contribution in [2.45, 2.75) is 32.7 Å². The number of hydrogen-bond donors (Lipinski definition) is 1. The second-order valence-electron chi connectivity index (χ2n) is 6.91. The van der Waals surface area contributed by atoms with E-state index in [1.165, 1.54) is 4.90 Å². The lowest BCUT2D eigenvalue weighted by molar-refractivity contribution is -0.134. The van der Waals surface area contributed by atoms with Gasteiger partial charge >= 0.3 is 0 Å². The van der Waals surface area contributed by atoms with Crippen LogP contribution in [0.2, 0.25) is 0 Å². The largest absolute Gasteiger partial charge is 0.350 e. The lowest BCUT2D eigenvalue weighted by Gasteiger charge is -2.23. The summed E-state index contributed by atoms with van der Waals surface area (Å²) >= 11 is 0. The number of nitrogens with zero attached hydrogens (tertiary/aromatic N) is 1. The summed E-state index contributed by atoms with van der Waals surface area (Å²) in [6, 6.07) is 14.1. The van der Waals surface area contributed by atoms with Gasteiger partial charge in [-0.1, -0.05) is 42.5 Å². The normalized spacial score (nSPS) is 11.3. The molecule has 2 aromatic rings. The van der Waals surface area contributed by atoms with Gasteiger partial charge in [-0.15, -0.1) is 0 Å². The van der Waals surface area contributed by atoms with Crippen LogP contribution in [0.1, 0.15) is 26.3 Å². The van der Waals surface area contributed by atoms with Gasteiger partial charge < -0.3 is 10.2 Å². The van der Waals surface area contributed by atoms with Gasteiger partial charge in [-0.05, 0) is 37.1 Å². The van der Waals surface area contributed by atoms with Gasteiger partial charge in [-0.3, -0.25) is 9.59 Å². The zero-order valence-electron chi connectivity index (χ0n) is 14.2. The molecule has 2 aromatic carbocycles. The molecular formula is C19H24N2O2. The Morgan fingerprint density at radius 1 is 1.04 bits per heavy atom. The monoisotopic (exact) mass is 312 g/mol. The van der Waals surface area contributed by atoms with Gasteiger partial charge in [0.15, 0.2) is 0 Å². The molecule has 0 unspecified atom stereocenters. The Morgan fingerprint density at radius 3 is 2.35 bits per heavy atom. The van der Waals surface area contributed by atoms with Crippen LogP contribution in [0.25, 0.3) is 10.8 Å². The maximum absolute atomic E-state index is 12.3. The van der Waals surface area contributed by atoms with E-state index in [1.807, 2.05) is 63.2 Å². The summed E-state index contributed by atoms with van der Waals surface area (Å²) in [6.07, 6.45) is 0.296. The molecule has 0 radical (unpaired) electrons. The second-order valence-corrected chi connectivity index (χ2v) is 6.91. The second kappa shape index (κ2) is 6.82. The zero-order valence-corrected chi connectivity index (χ0v) is 14.2. The van der Waals surface area contributed by atoms with Crippen LogP contribution in [-0.2, 0) is 16.0 Å². The summed E-state index contributed by atoms with van der Waals surface area (Å²) in [5.41, 5.74) is 0.663. The summed E-state index contributed by atoms with van der Waals surface area (Å²) in [4.78, 5) is 25.7. The predicted octanol–water partition coefficient (Wildman–Crippen LogP) is 2.76. The van der Waals surface area contributed by atoms with Gasteiger partial charge in [0, 0.05) is 12.6 Å². The van der Waals surface area contributed by atoms with Crippen molar-refractivity contribution >= 4 is 22.6 Å². The average molecular weight is 312 g/mol. The van der Waals surface area contributed by atoms with Crippen molar-refractivity contribution in [3.63, 3.8) is 0 Å². The lowest BCUT2D eigenvalue weighted by atomic mass is 10.0. The molecule has 0 aromatic heterocycles. The molecule has 1 N–H and O–H groups in total. The first-order valence-corrected chi connectivity index (χ1v) is 7.77. The number of nitrogens with one attached hydrogen (secondary N) is 1. The summed E-state index contributed by atoms with van der Waals surface area (Å²) in [7, 11) is 1.66. The van der Waals surface area contributed by atoms with Crippen molar-refractivity contribution < 1.29 is 9.59 Å². The number of rotatable bonds is 4. The van der Waals surface area contributed by atoms with E-state index in [2.05, 4.69) is 5.32 Å². The van der Waals surface area contributed by atoms with E-state index < -0.39 is 0 Å². The van der Waals surface area contributed by atoms with E-state index in [-0.39, 0.29) is 23.9 Å². The third kappa shape index (κ3) is 5.09. The number of amides is 2. The van der Waals surface area contributed by atoms with Crippen LogP contribution in [0.3, 0.4) is 0 Å². The van der Waals surface area contributed by atoms with Crippen LogP contribution < -0.4 is 5.32 Å². The Morgan fingerprint density at radius 2 is 1.70 bits per heavy atom. The molecule has 0 aliphatic rings. The van der Waals surface area contributed by atoms with Gasteiger partial charge in [0.25, 0.3) is 0 Å². The van der Waals surface area contributed by atoms with Gasteiger partial charge in [0.1, 0.15) is 0 Å². The molecule has 0 bridgehead atoms. The molecule has 0 atom stereocenters. The number of carbonyl (C=O) groups is 2. The van der Waals surface area contributed by atoms with E-state index >= 15 is 0 Å². The van der Waals surface area contributed by atoms with E-state index in [0.29, 0.717) is 6.42 Å². The minimum absolute atomic E-state index is 0.0654. The van der Waals surface area contributed by atoms with Gasteiger partial charge in [0.2, 0.25) is 11.8 Å². The molecule has 4 nitrogen and oxygen atoms in total. The molecule has 0 saturated carbocycles. The summed E-state index contributed by atoms with van der Waals surface area (Å²) in [5, 5.41) is 5.13. The highest BCUT2D eigenvalue weighted by Gasteiger charge is 2.18. The summed E-state index contributed by atoms with van der Waals surface area (Å²) in [5.74, 6) is -0.212. The number of likely N-dealkylation sites (N-methyl/N-ethyl adjacent to an activating group) is 1. The van der Waals surface area contributed by atoms with Gasteiger partial charge in [-0.25, -0.2) is 0 Å². The Bertz CT molecular complexity index is 717. The van der Waals surface area contributed by atoms with E-state index in [9.17, 15) is 9.59 Å². The fourth-order valence-corrected chi connectivity index (χ4v) is 2.42. The quantitative estimate of drug-likeness (QED) is 0.944. The van der Waals surface area contributed by atoms with Crippen LogP contribution in [-0.4, -0.2) is 35.8 Å². The Labute approximate surface area is 137 Å².